The fraction of sp³-hybridized carbons (Fsp3) is 0.455. The van der Waals surface area contributed by atoms with Gasteiger partial charge in [0.15, 0.2) is 0 Å². The summed E-state index contributed by atoms with van der Waals surface area (Å²) in [6, 6.07) is 7.98. The number of nitrogens with one attached hydrogen (secondary N) is 1. The lowest BCUT2D eigenvalue weighted by atomic mass is 10.2. The van der Waals surface area contributed by atoms with Crippen LogP contribution in [0, 0.1) is 0 Å². The lowest BCUT2D eigenvalue weighted by Crippen LogP contribution is -2.17. The molecule has 4 heteroatoms. The molecule has 3 N–H and O–H groups in total. The number of nitrogens with two attached hydrogens (primary N) is 1. The number of rotatable bonds is 5. The van der Waals surface area contributed by atoms with Crippen LogP contribution in [0.4, 0.5) is 11.4 Å². The van der Waals surface area contributed by atoms with E-state index in [1.54, 1.807) is 6.26 Å². The van der Waals surface area contributed by atoms with E-state index in [1.807, 2.05) is 24.3 Å². The summed E-state index contributed by atoms with van der Waals surface area (Å²) in [5.74, 6) is 0.733. The number of hydrogen-bond donors (Lipinski definition) is 2. The van der Waals surface area contributed by atoms with Gasteiger partial charge in [0.2, 0.25) is 0 Å². The van der Waals surface area contributed by atoms with Crippen molar-refractivity contribution in [2.45, 2.75) is 19.4 Å². The van der Waals surface area contributed by atoms with Gasteiger partial charge in [-0.15, -0.1) is 0 Å². The molecule has 0 aliphatic rings. The van der Waals surface area contributed by atoms with Crippen molar-refractivity contribution in [2.75, 3.05) is 23.1 Å². The van der Waals surface area contributed by atoms with Gasteiger partial charge < -0.3 is 11.1 Å². The third-order valence-electron chi connectivity index (χ3n) is 2.14. The molecule has 0 bridgehead atoms. The summed E-state index contributed by atoms with van der Waals surface area (Å²) in [6.45, 7) is 2.08. The molecule has 1 aromatic rings. The molecule has 0 aliphatic carbocycles. The summed E-state index contributed by atoms with van der Waals surface area (Å²) in [7, 11) is -0.713. The van der Waals surface area contributed by atoms with Crippen LogP contribution >= 0.6 is 0 Å². The number of hydrogen-bond acceptors (Lipinski definition) is 3. The van der Waals surface area contributed by atoms with E-state index >= 15 is 0 Å². The summed E-state index contributed by atoms with van der Waals surface area (Å²) >= 11 is 0. The van der Waals surface area contributed by atoms with E-state index in [1.165, 1.54) is 0 Å². The fourth-order valence-electron chi connectivity index (χ4n) is 1.33. The highest BCUT2D eigenvalue weighted by Gasteiger charge is 2.03. The van der Waals surface area contributed by atoms with E-state index in [-0.39, 0.29) is 0 Å². The maximum atomic E-state index is 10.9. The molecule has 15 heavy (non-hydrogen) atoms. The number of benzene rings is 1. The van der Waals surface area contributed by atoms with E-state index in [9.17, 15) is 4.21 Å². The minimum Gasteiger partial charge on any atom is -0.399 e. The summed E-state index contributed by atoms with van der Waals surface area (Å²) < 4.78 is 10.9. The molecule has 2 atom stereocenters. The summed E-state index contributed by atoms with van der Waals surface area (Å²) in [6.07, 6.45) is 2.63. The molecule has 3 nitrogen and oxygen atoms in total. The van der Waals surface area contributed by atoms with Gasteiger partial charge >= 0.3 is 0 Å². The minimum absolute atomic E-state index is 0.315. The van der Waals surface area contributed by atoms with Gasteiger partial charge in [-0.25, -0.2) is 0 Å². The van der Waals surface area contributed by atoms with Gasteiger partial charge in [0.1, 0.15) is 0 Å². The minimum atomic E-state index is -0.713. The molecule has 84 valence electrons. The zero-order chi connectivity index (χ0) is 11.3. The van der Waals surface area contributed by atoms with Crippen molar-refractivity contribution < 1.29 is 4.21 Å². The largest absolute Gasteiger partial charge is 0.399 e. The van der Waals surface area contributed by atoms with Crippen LogP contribution in [0.2, 0.25) is 0 Å². The molecule has 0 aromatic heterocycles. The predicted octanol–water partition coefficient (Wildman–Crippen LogP) is 1.84. The molecular formula is C11H18N2OS. The molecular weight excluding hydrogens is 208 g/mol. The molecule has 0 radical (unpaired) electrons. The van der Waals surface area contributed by atoms with Crippen molar-refractivity contribution in [3.8, 4) is 0 Å². The van der Waals surface area contributed by atoms with Crippen molar-refractivity contribution in [3.63, 3.8) is 0 Å². The van der Waals surface area contributed by atoms with Gasteiger partial charge in [0.25, 0.3) is 0 Å². The molecule has 0 spiro atoms. The lowest BCUT2D eigenvalue weighted by Gasteiger charge is -2.14. The molecule has 0 fully saturated rings. The highest BCUT2D eigenvalue weighted by atomic mass is 32.2. The van der Waals surface area contributed by atoms with E-state index in [0.717, 1.165) is 23.5 Å². The monoisotopic (exact) mass is 226 g/mol. The third-order valence-corrected chi connectivity index (χ3v) is 2.95. The first-order valence-corrected chi connectivity index (χ1v) is 6.73. The Kier molecular flexibility index (Phi) is 4.62. The maximum absolute atomic E-state index is 10.9. The molecule has 2 unspecified atom stereocenters. The van der Waals surface area contributed by atoms with Gasteiger partial charge in [-0.2, -0.15) is 0 Å². The second-order valence-electron chi connectivity index (χ2n) is 3.74. The van der Waals surface area contributed by atoms with Gasteiger partial charge in [0, 0.05) is 40.2 Å². The third kappa shape index (κ3) is 4.83. The van der Waals surface area contributed by atoms with Crippen LogP contribution in [0.3, 0.4) is 0 Å². The van der Waals surface area contributed by atoms with Gasteiger partial charge in [0.05, 0.1) is 0 Å². The Balaban J connectivity index is 2.44. The normalized spacial score (nSPS) is 14.5. The second kappa shape index (κ2) is 5.75. The van der Waals surface area contributed by atoms with Crippen LogP contribution in [0.25, 0.3) is 0 Å². The molecule has 0 aliphatic heterocycles. The molecule has 1 rings (SSSR count). The highest BCUT2D eigenvalue weighted by molar-refractivity contribution is 7.84. The first-order valence-electron chi connectivity index (χ1n) is 5.00. The average Bonchev–Trinajstić information content (AvgIpc) is 2.15. The summed E-state index contributed by atoms with van der Waals surface area (Å²) in [4.78, 5) is 0. The number of nitrogen functional groups attached to an aromatic ring is 1. The summed E-state index contributed by atoms with van der Waals surface area (Å²) in [5, 5.41) is 3.32. The van der Waals surface area contributed by atoms with Crippen molar-refractivity contribution in [3.05, 3.63) is 24.3 Å². The topological polar surface area (TPSA) is 55.1 Å². The van der Waals surface area contributed by atoms with E-state index in [2.05, 4.69) is 12.2 Å². The van der Waals surface area contributed by atoms with Crippen LogP contribution in [0.1, 0.15) is 13.3 Å². The van der Waals surface area contributed by atoms with Gasteiger partial charge in [-0.3, -0.25) is 4.21 Å². The maximum Gasteiger partial charge on any atom is 0.0362 e. The van der Waals surface area contributed by atoms with Gasteiger partial charge in [-0.05, 0) is 31.5 Å². The highest BCUT2D eigenvalue weighted by Crippen LogP contribution is 2.13. The number of anilines is 2. The van der Waals surface area contributed by atoms with Crippen LogP contribution in [-0.4, -0.2) is 22.3 Å². The zero-order valence-electron chi connectivity index (χ0n) is 9.19. The van der Waals surface area contributed by atoms with Gasteiger partial charge in [-0.1, -0.05) is 6.07 Å². The fourth-order valence-corrected chi connectivity index (χ4v) is 2.01. The van der Waals surface area contributed by atoms with Crippen LogP contribution < -0.4 is 11.1 Å². The van der Waals surface area contributed by atoms with Crippen molar-refractivity contribution in [1.29, 1.82) is 0 Å². The predicted molar refractivity (Wildman–Crippen MR) is 67.5 cm³/mol. The van der Waals surface area contributed by atoms with Crippen LogP contribution in [0.5, 0.6) is 0 Å². The second-order valence-corrected chi connectivity index (χ2v) is 5.29. The van der Waals surface area contributed by atoms with E-state index in [0.29, 0.717) is 6.04 Å². The Morgan fingerprint density at radius 3 is 2.87 bits per heavy atom. The SMILES string of the molecule is CC(CCS(C)=O)Nc1cccc(N)c1. The van der Waals surface area contributed by atoms with E-state index in [4.69, 9.17) is 5.73 Å². The molecule has 0 amide bonds. The van der Waals surface area contributed by atoms with Crippen molar-refractivity contribution in [1.82, 2.24) is 0 Å². The summed E-state index contributed by atoms with van der Waals surface area (Å²) in [5.41, 5.74) is 7.44. The first-order chi connectivity index (χ1) is 7.08. The Morgan fingerprint density at radius 1 is 1.53 bits per heavy atom. The Labute approximate surface area is 93.5 Å². The molecule has 0 saturated carbocycles. The molecule has 0 saturated heterocycles. The Morgan fingerprint density at radius 2 is 2.27 bits per heavy atom. The molecule has 1 aromatic carbocycles. The van der Waals surface area contributed by atoms with Crippen LogP contribution in [-0.2, 0) is 10.8 Å². The lowest BCUT2D eigenvalue weighted by molar-refractivity contribution is 0.678. The quantitative estimate of drug-likeness (QED) is 0.753. The Hall–Kier alpha value is -1.03. The van der Waals surface area contributed by atoms with E-state index < -0.39 is 10.8 Å². The average molecular weight is 226 g/mol. The Bertz CT molecular complexity index is 341. The molecule has 0 heterocycles. The van der Waals surface area contributed by atoms with Crippen molar-refractivity contribution in [2.24, 2.45) is 0 Å². The first kappa shape index (κ1) is 12.0. The van der Waals surface area contributed by atoms with Crippen LogP contribution in [0.15, 0.2) is 24.3 Å². The van der Waals surface area contributed by atoms with Crippen molar-refractivity contribution >= 4 is 22.2 Å². The zero-order valence-corrected chi connectivity index (χ0v) is 10.0. The smallest absolute Gasteiger partial charge is 0.0362 e. The standard InChI is InChI=1S/C11H18N2OS/c1-9(6-7-15(2)14)13-11-5-3-4-10(12)8-11/h3-5,8-9,13H,6-7,12H2,1-2H3.